The number of nitrogens with one attached hydrogen (secondary N) is 1. The molecule has 0 fully saturated rings. The van der Waals surface area contributed by atoms with Crippen LogP contribution in [-0.4, -0.2) is 69.8 Å². The van der Waals surface area contributed by atoms with Gasteiger partial charge in [-0.3, -0.25) is 19.3 Å². The Morgan fingerprint density at radius 1 is 0.947 bits per heavy atom. The number of anilines is 1. The molecule has 13 nitrogen and oxygen atoms in total. The molecule has 0 aliphatic heterocycles. The third-order valence-corrected chi connectivity index (χ3v) is 7.43. The minimum Gasteiger partial charge on any atom is -0.494 e. The van der Waals surface area contributed by atoms with E-state index in [1.807, 2.05) is 0 Å². The highest BCUT2D eigenvalue weighted by Crippen LogP contribution is 2.38. The maximum Gasteiger partial charge on any atom is 0.243 e. The largest absolute Gasteiger partial charge is 0.494 e. The minimum absolute atomic E-state index is 0.114. The monoisotopic (exact) mass is 541 g/mol. The van der Waals surface area contributed by atoms with E-state index in [-0.39, 0.29) is 17.5 Å². The second kappa shape index (κ2) is 11.0. The van der Waals surface area contributed by atoms with Gasteiger partial charge in [0.05, 0.1) is 38.9 Å². The van der Waals surface area contributed by atoms with Crippen molar-refractivity contribution in [1.82, 2.24) is 29.7 Å². The molecule has 0 unspecified atom stereocenters. The number of benzene rings is 1. The van der Waals surface area contributed by atoms with Crippen molar-refractivity contribution in [2.75, 3.05) is 26.1 Å². The summed E-state index contributed by atoms with van der Waals surface area (Å²) in [5, 5.41) is 17.8. The summed E-state index contributed by atoms with van der Waals surface area (Å²) in [6, 6.07) is 10.1. The van der Waals surface area contributed by atoms with Crippen LogP contribution in [0, 0.1) is 6.92 Å². The molecule has 0 bridgehead atoms. The molecule has 3 heterocycles. The number of ether oxygens (including phenoxy) is 3. The molecule has 2 N–H and O–H groups in total. The number of hydrogen-bond acceptors (Lipinski definition) is 11. The normalized spacial score (nSPS) is 13.0. The van der Waals surface area contributed by atoms with Gasteiger partial charge in [0.15, 0.2) is 5.82 Å². The molecule has 0 saturated heterocycles. The SMILES string of the molecule is COc1cccc(-c2nnc(NS(=O)(=O)[C@H](C)[C@@H](O)c3cnc(C)cn3)n2-c2c(OC)cccc2OC)n1. The average molecular weight is 542 g/mol. The Morgan fingerprint density at radius 3 is 2.24 bits per heavy atom. The Balaban J connectivity index is 1.84. The Kier molecular flexibility index (Phi) is 7.73. The number of pyridine rings is 1. The average Bonchev–Trinajstić information content (AvgIpc) is 3.34. The lowest BCUT2D eigenvalue weighted by molar-refractivity contribution is 0.171. The first-order valence-electron chi connectivity index (χ1n) is 11.4. The summed E-state index contributed by atoms with van der Waals surface area (Å²) in [7, 11) is 0.175. The molecular formula is C24H27N7O6S. The zero-order valence-electron chi connectivity index (χ0n) is 21.4. The summed E-state index contributed by atoms with van der Waals surface area (Å²) in [5.74, 6) is 1.04. The molecule has 14 heteroatoms. The fourth-order valence-corrected chi connectivity index (χ4v) is 4.67. The van der Waals surface area contributed by atoms with Gasteiger partial charge in [0.2, 0.25) is 21.9 Å². The van der Waals surface area contributed by atoms with Crippen molar-refractivity contribution in [3.05, 3.63) is 60.2 Å². The van der Waals surface area contributed by atoms with Gasteiger partial charge < -0.3 is 19.3 Å². The number of aliphatic hydroxyl groups is 1. The highest BCUT2D eigenvalue weighted by Gasteiger charge is 2.33. The minimum atomic E-state index is -4.24. The number of sulfonamides is 1. The molecule has 38 heavy (non-hydrogen) atoms. The maximum absolute atomic E-state index is 13.4. The number of para-hydroxylation sites is 1. The van der Waals surface area contributed by atoms with Crippen LogP contribution in [0.2, 0.25) is 0 Å². The Bertz CT molecular complexity index is 1500. The summed E-state index contributed by atoms with van der Waals surface area (Å²) in [5.41, 5.74) is 1.42. The van der Waals surface area contributed by atoms with E-state index < -0.39 is 21.4 Å². The van der Waals surface area contributed by atoms with Gasteiger partial charge in [0.1, 0.15) is 34.2 Å². The highest BCUT2D eigenvalue weighted by molar-refractivity contribution is 7.93. The third kappa shape index (κ3) is 5.21. The number of aromatic nitrogens is 6. The van der Waals surface area contributed by atoms with Crippen LogP contribution in [0.4, 0.5) is 5.95 Å². The van der Waals surface area contributed by atoms with Crippen molar-refractivity contribution in [1.29, 1.82) is 0 Å². The maximum atomic E-state index is 13.4. The summed E-state index contributed by atoms with van der Waals surface area (Å²) < 4.78 is 47.1. The lowest BCUT2D eigenvalue weighted by atomic mass is 10.2. The van der Waals surface area contributed by atoms with Crippen LogP contribution in [0.5, 0.6) is 17.4 Å². The molecule has 2 atom stereocenters. The van der Waals surface area contributed by atoms with Crippen LogP contribution < -0.4 is 18.9 Å². The lowest BCUT2D eigenvalue weighted by Crippen LogP contribution is -2.32. The Morgan fingerprint density at radius 2 is 1.63 bits per heavy atom. The van der Waals surface area contributed by atoms with Crippen LogP contribution in [0.15, 0.2) is 48.8 Å². The van der Waals surface area contributed by atoms with Crippen molar-refractivity contribution in [3.63, 3.8) is 0 Å². The van der Waals surface area contributed by atoms with Gasteiger partial charge >= 0.3 is 0 Å². The summed E-state index contributed by atoms with van der Waals surface area (Å²) in [6.45, 7) is 3.09. The molecule has 200 valence electrons. The molecule has 0 radical (unpaired) electrons. The zero-order valence-corrected chi connectivity index (χ0v) is 22.2. The molecule has 0 saturated carbocycles. The van der Waals surface area contributed by atoms with Crippen molar-refractivity contribution in [2.45, 2.75) is 25.2 Å². The second-order valence-corrected chi connectivity index (χ2v) is 10.2. The topological polar surface area (TPSA) is 163 Å². The van der Waals surface area contributed by atoms with Crippen molar-refractivity contribution in [2.24, 2.45) is 0 Å². The van der Waals surface area contributed by atoms with E-state index in [0.29, 0.717) is 34.5 Å². The standard InChI is InChI=1S/C24H27N7O6S/c1-14-12-26-17(13-25-14)22(32)15(2)38(33,34)30-24-29-28-23(16-8-6-11-20(27-16)37-5)31(24)21-18(35-3)9-7-10-19(21)36-4/h6-13,15,22,32H,1-5H3,(H,29,30)/t15-,22-/m1/s1. The van der Waals surface area contributed by atoms with E-state index in [2.05, 4.69) is 29.9 Å². The predicted molar refractivity (Wildman–Crippen MR) is 138 cm³/mol. The van der Waals surface area contributed by atoms with Crippen LogP contribution in [0.3, 0.4) is 0 Å². The molecule has 0 aliphatic carbocycles. The van der Waals surface area contributed by atoms with Crippen LogP contribution in [0.25, 0.3) is 17.2 Å². The summed E-state index contributed by atoms with van der Waals surface area (Å²) >= 11 is 0. The summed E-state index contributed by atoms with van der Waals surface area (Å²) in [4.78, 5) is 12.6. The van der Waals surface area contributed by atoms with Crippen LogP contribution in [-0.2, 0) is 10.0 Å². The van der Waals surface area contributed by atoms with Gasteiger partial charge in [-0.15, -0.1) is 10.2 Å². The highest BCUT2D eigenvalue weighted by atomic mass is 32.2. The fourth-order valence-electron chi connectivity index (χ4n) is 3.62. The third-order valence-electron chi connectivity index (χ3n) is 5.72. The lowest BCUT2D eigenvalue weighted by Gasteiger charge is -2.21. The number of methoxy groups -OCH3 is 3. The van der Waals surface area contributed by atoms with E-state index in [4.69, 9.17) is 14.2 Å². The van der Waals surface area contributed by atoms with Crippen molar-refractivity contribution >= 4 is 16.0 Å². The van der Waals surface area contributed by atoms with E-state index in [0.717, 1.165) is 0 Å². The van der Waals surface area contributed by atoms with Crippen molar-refractivity contribution < 1.29 is 27.7 Å². The molecule has 4 aromatic rings. The van der Waals surface area contributed by atoms with E-state index in [1.165, 1.54) is 45.2 Å². The van der Waals surface area contributed by atoms with Gasteiger partial charge in [-0.1, -0.05) is 12.1 Å². The molecule has 0 aliphatic rings. The number of hydrogen-bond donors (Lipinski definition) is 2. The number of rotatable bonds is 10. The van der Waals surface area contributed by atoms with E-state index >= 15 is 0 Å². The summed E-state index contributed by atoms with van der Waals surface area (Å²) in [6.07, 6.45) is 1.32. The first-order chi connectivity index (χ1) is 18.2. The van der Waals surface area contributed by atoms with Crippen LogP contribution >= 0.6 is 0 Å². The van der Waals surface area contributed by atoms with Crippen molar-refractivity contribution in [3.8, 4) is 34.6 Å². The molecule has 4 rings (SSSR count). The van der Waals surface area contributed by atoms with Gasteiger partial charge in [-0.2, -0.15) is 0 Å². The smallest absolute Gasteiger partial charge is 0.243 e. The second-order valence-electron chi connectivity index (χ2n) is 8.14. The number of aliphatic hydroxyl groups excluding tert-OH is 1. The predicted octanol–water partition coefficient (Wildman–Crippen LogP) is 2.32. The quantitative estimate of drug-likeness (QED) is 0.303. The number of nitrogens with zero attached hydrogens (tertiary/aromatic N) is 6. The molecule has 0 spiro atoms. The molecule has 0 amide bonds. The number of aryl methyl sites for hydroxylation is 1. The molecule has 3 aromatic heterocycles. The molecular weight excluding hydrogens is 514 g/mol. The van der Waals surface area contributed by atoms with Gasteiger partial charge in [-0.25, -0.2) is 13.4 Å². The first-order valence-corrected chi connectivity index (χ1v) is 12.9. The fraction of sp³-hybridized carbons (Fsp3) is 0.292. The van der Waals surface area contributed by atoms with Gasteiger partial charge in [-0.05, 0) is 32.0 Å². The van der Waals surface area contributed by atoms with Gasteiger partial charge in [0.25, 0.3) is 0 Å². The van der Waals surface area contributed by atoms with E-state index in [9.17, 15) is 13.5 Å². The first kappa shape index (κ1) is 26.8. The molecule has 1 aromatic carbocycles. The Hall–Kier alpha value is -4.30. The van der Waals surface area contributed by atoms with Crippen LogP contribution in [0.1, 0.15) is 24.4 Å². The Labute approximate surface area is 219 Å². The van der Waals surface area contributed by atoms with Gasteiger partial charge in [0, 0.05) is 12.3 Å². The van der Waals surface area contributed by atoms with E-state index in [1.54, 1.807) is 43.3 Å². The zero-order chi connectivity index (χ0) is 27.4.